The smallest absolute Gasteiger partial charge is 0.110 e. The Labute approximate surface area is 54.6 Å². The molecule has 2 heteroatoms. The molecule has 0 saturated heterocycles. The summed E-state index contributed by atoms with van der Waals surface area (Å²) >= 11 is 0. The van der Waals surface area contributed by atoms with Gasteiger partial charge in [-0.2, -0.15) is 0 Å². The first-order valence-corrected chi connectivity index (χ1v) is 2.94. The quantitative estimate of drug-likeness (QED) is 0.591. The molecule has 1 aromatic heterocycles. The Bertz CT molecular complexity index is 200. The summed E-state index contributed by atoms with van der Waals surface area (Å²) in [5.74, 6) is 0.988. The number of nitrogens with one attached hydrogen (secondary N) is 1. The lowest BCUT2D eigenvalue weighted by Gasteiger charge is -1.84. The topological polar surface area (TPSA) is 28.7 Å². The molecule has 0 aromatic carbocycles. The van der Waals surface area contributed by atoms with Crippen LogP contribution in [0.4, 0.5) is 0 Å². The van der Waals surface area contributed by atoms with Crippen LogP contribution in [0.5, 0.6) is 0 Å². The van der Waals surface area contributed by atoms with Crippen molar-refractivity contribution >= 4 is 0 Å². The second-order valence-electron chi connectivity index (χ2n) is 2.01. The zero-order valence-corrected chi connectivity index (χ0v) is 5.52. The molecular weight excluding hydrogens is 112 g/mol. The maximum Gasteiger partial charge on any atom is 0.110 e. The van der Waals surface area contributed by atoms with Gasteiger partial charge in [-0.25, -0.2) is 4.98 Å². The average molecular weight is 122 g/mol. The highest BCUT2D eigenvalue weighted by atomic mass is 14.9. The van der Waals surface area contributed by atoms with Crippen LogP contribution in [0.1, 0.15) is 11.5 Å². The molecule has 0 atom stereocenters. The number of hydrogen-bond acceptors (Lipinski definition) is 1. The van der Waals surface area contributed by atoms with E-state index in [1.165, 1.54) is 0 Å². The Balaban J connectivity index is 2.72. The van der Waals surface area contributed by atoms with Gasteiger partial charge in [-0.1, -0.05) is 6.08 Å². The largest absolute Gasteiger partial charge is 0.346 e. The van der Waals surface area contributed by atoms with Crippen molar-refractivity contribution in [3.05, 3.63) is 30.4 Å². The summed E-state index contributed by atoms with van der Waals surface area (Å²) in [6.07, 6.45) is 4.48. The Morgan fingerprint density at radius 1 is 1.89 bits per heavy atom. The van der Waals surface area contributed by atoms with E-state index in [1.807, 2.05) is 19.2 Å². The van der Waals surface area contributed by atoms with Gasteiger partial charge in [0.05, 0.1) is 0 Å². The van der Waals surface area contributed by atoms with E-state index in [1.54, 1.807) is 0 Å². The molecule has 0 amide bonds. The van der Waals surface area contributed by atoms with Gasteiger partial charge in [-0.3, -0.25) is 0 Å². The first-order valence-electron chi connectivity index (χ1n) is 2.94. The Morgan fingerprint density at radius 3 is 3.11 bits per heavy atom. The lowest BCUT2D eigenvalue weighted by atomic mass is 10.4. The fourth-order valence-corrected chi connectivity index (χ4v) is 0.707. The van der Waals surface area contributed by atoms with Crippen molar-refractivity contribution in [2.45, 2.75) is 13.3 Å². The third-order valence-electron chi connectivity index (χ3n) is 1.09. The Kier molecular flexibility index (Phi) is 1.68. The summed E-state index contributed by atoms with van der Waals surface area (Å²) < 4.78 is 0. The summed E-state index contributed by atoms with van der Waals surface area (Å²) in [5.41, 5.74) is 1.10. The summed E-state index contributed by atoms with van der Waals surface area (Å²) in [6.45, 7) is 5.59. The molecule has 0 aliphatic carbocycles. The highest BCUT2D eigenvalue weighted by Gasteiger charge is 1.90. The van der Waals surface area contributed by atoms with Gasteiger partial charge in [0.1, 0.15) is 5.82 Å². The van der Waals surface area contributed by atoms with E-state index in [2.05, 4.69) is 16.5 Å². The van der Waals surface area contributed by atoms with E-state index in [0.717, 1.165) is 17.9 Å². The first-order chi connectivity index (χ1) is 4.33. The molecule has 2 nitrogen and oxygen atoms in total. The fourth-order valence-electron chi connectivity index (χ4n) is 0.707. The van der Waals surface area contributed by atoms with Crippen LogP contribution < -0.4 is 0 Å². The lowest BCUT2D eigenvalue weighted by molar-refractivity contribution is 1.05. The fraction of sp³-hybridized carbons (Fsp3) is 0.286. The molecule has 0 bridgehead atoms. The second-order valence-corrected chi connectivity index (χ2v) is 2.01. The summed E-state index contributed by atoms with van der Waals surface area (Å²) in [6, 6.07) is 0. The summed E-state index contributed by atoms with van der Waals surface area (Å²) in [4.78, 5) is 7.17. The van der Waals surface area contributed by atoms with Crippen molar-refractivity contribution in [1.29, 1.82) is 0 Å². The maximum absolute atomic E-state index is 4.08. The first kappa shape index (κ1) is 6.08. The van der Waals surface area contributed by atoms with Gasteiger partial charge in [-0.15, -0.1) is 6.58 Å². The Hall–Kier alpha value is -1.05. The van der Waals surface area contributed by atoms with Crippen molar-refractivity contribution in [3.63, 3.8) is 0 Å². The maximum atomic E-state index is 4.08. The molecule has 1 rings (SSSR count). The minimum absolute atomic E-state index is 0.827. The minimum Gasteiger partial charge on any atom is -0.346 e. The highest BCUT2D eigenvalue weighted by Crippen LogP contribution is 1.94. The number of aromatic nitrogens is 2. The van der Waals surface area contributed by atoms with Gasteiger partial charge in [0, 0.05) is 18.3 Å². The number of allylic oxidation sites excluding steroid dienone is 1. The van der Waals surface area contributed by atoms with Crippen LogP contribution in [0, 0.1) is 6.92 Å². The van der Waals surface area contributed by atoms with Crippen molar-refractivity contribution in [2.75, 3.05) is 0 Å². The van der Waals surface area contributed by atoms with E-state index in [-0.39, 0.29) is 0 Å². The molecule has 0 aliphatic heterocycles. The Morgan fingerprint density at radius 2 is 2.67 bits per heavy atom. The second kappa shape index (κ2) is 2.49. The number of hydrogen-bond donors (Lipinski definition) is 1. The molecule has 0 radical (unpaired) electrons. The predicted molar refractivity (Wildman–Crippen MR) is 37.2 cm³/mol. The number of nitrogens with zero attached hydrogens (tertiary/aromatic N) is 1. The monoisotopic (exact) mass is 122 g/mol. The van der Waals surface area contributed by atoms with Crippen LogP contribution in [0.15, 0.2) is 18.9 Å². The zero-order valence-electron chi connectivity index (χ0n) is 5.52. The number of H-pyrrole nitrogens is 1. The highest BCUT2D eigenvalue weighted by molar-refractivity contribution is 5.00. The molecule has 0 fully saturated rings. The molecule has 0 saturated carbocycles. The van der Waals surface area contributed by atoms with Gasteiger partial charge in [0.2, 0.25) is 0 Å². The minimum atomic E-state index is 0.827. The molecule has 1 heterocycles. The number of aryl methyl sites for hydroxylation is 1. The molecule has 9 heavy (non-hydrogen) atoms. The molecule has 0 spiro atoms. The SMILES string of the molecule is C=CCc1ncc(C)[nH]1. The van der Waals surface area contributed by atoms with Gasteiger partial charge >= 0.3 is 0 Å². The molecule has 1 aromatic rings. The van der Waals surface area contributed by atoms with E-state index >= 15 is 0 Å². The predicted octanol–water partition coefficient (Wildman–Crippen LogP) is 1.45. The van der Waals surface area contributed by atoms with E-state index < -0.39 is 0 Å². The standard InChI is InChI=1S/C7H10N2/c1-3-4-7-8-5-6(2)9-7/h3,5H,1,4H2,2H3,(H,8,9). The number of aromatic amines is 1. The van der Waals surface area contributed by atoms with Crippen molar-refractivity contribution in [1.82, 2.24) is 9.97 Å². The molecule has 0 unspecified atom stereocenters. The lowest BCUT2D eigenvalue weighted by Crippen LogP contribution is -1.81. The van der Waals surface area contributed by atoms with Crippen LogP contribution in [-0.4, -0.2) is 9.97 Å². The van der Waals surface area contributed by atoms with E-state index in [9.17, 15) is 0 Å². The zero-order chi connectivity index (χ0) is 6.69. The molecule has 1 N–H and O–H groups in total. The van der Waals surface area contributed by atoms with Crippen LogP contribution in [-0.2, 0) is 6.42 Å². The van der Waals surface area contributed by atoms with Gasteiger partial charge in [0.25, 0.3) is 0 Å². The van der Waals surface area contributed by atoms with Crippen LogP contribution in [0.3, 0.4) is 0 Å². The van der Waals surface area contributed by atoms with Gasteiger partial charge < -0.3 is 4.98 Å². The summed E-state index contributed by atoms with van der Waals surface area (Å²) in [5, 5.41) is 0. The van der Waals surface area contributed by atoms with E-state index in [4.69, 9.17) is 0 Å². The van der Waals surface area contributed by atoms with E-state index in [0.29, 0.717) is 0 Å². The third-order valence-corrected chi connectivity index (χ3v) is 1.09. The molecular formula is C7H10N2. The van der Waals surface area contributed by atoms with Crippen molar-refractivity contribution < 1.29 is 0 Å². The van der Waals surface area contributed by atoms with Crippen molar-refractivity contribution in [2.24, 2.45) is 0 Å². The van der Waals surface area contributed by atoms with Gasteiger partial charge in [0.15, 0.2) is 0 Å². The third kappa shape index (κ3) is 1.42. The van der Waals surface area contributed by atoms with Crippen LogP contribution >= 0.6 is 0 Å². The number of imidazole rings is 1. The van der Waals surface area contributed by atoms with Crippen molar-refractivity contribution in [3.8, 4) is 0 Å². The number of rotatable bonds is 2. The van der Waals surface area contributed by atoms with Crippen LogP contribution in [0.2, 0.25) is 0 Å². The van der Waals surface area contributed by atoms with Gasteiger partial charge in [-0.05, 0) is 6.92 Å². The molecule has 0 aliphatic rings. The average Bonchev–Trinajstić information content (AvgIpc) is 2.17. The normalized spacial score (nSPS) is 9.44. The summed E-state index contributed by atoms with van der Waals surface area (Å²) in [7, 11) is 0. The van der Waals surface area contributed by atoms with Crippen LogP contribution in [0.25, 0.3) is 0 Å². The molecule has 48 valence electrons.